The number of hydrogen-bond acceptors (Lipinski definition) is 5. The second-order valence-electron chi connectivity index (χ2n) is 5.37. The Morgan fingerprint density at radius 2 is 1.81 bits per heavy atom. The van der Waals surface area contributed by atoms with E-state index in [0.29, 0.717) is 6.07 Å². The molecule has 1 unspecified atom stereocenters. The van der Waals surface area contributed by atoms with Gasteiger partial charge in [0.25, 0.3) is 0 Å². The summed E-state index contributed by atoms with van der Waals surface area (Å²) in [6.07, 6.45) is -4.57. The molecule has 0 saturated carbocycles. The van der Waals surface area contributed by atoms with Gasteiger partial charge in [0.05, 0.1) is 22.4 Å². The van der Waals surface area contributed by atoms with E-state index in [1.807, 2.05) is 0 Å². The third-order valence-electron chi connectivity index (χ3n) is 3.35. The van der Waals surface area contributed by atoms with Gasteiger partial charge in [-0.1, -0.05) is 17.7 Å². The summed E-state index contributed by atoms with van der Waals surface area (Å²) in [4.78, 5) is 20.9. The van der Waals surface area contributed by atoms with E-state index in [1.165, 1.54) is 18.2 Å². The fraction of sp³-hybridized carbons (Fsp3) is 0.188. The van der Waals surface area contributed by atoms with Crippen LogP contribution in [0.2, 0.25) is 5.02 Å². The summed E-state index contributed by atoms with van der Waals surface area (Å²) in [6.45, 7) is 0.760. The molecule has 144 valence electrons. The lowest BCUT2D eigenvalue weighted by molar-refractivity contribution is -0.593. The predicted molar refractivity (Wildman–Crippen MR) is 86.6 cm³/mol. The summed E-state index contributed by atoms with van der Waals surface area (Å²) in [7, 11) is 0. The Kier molecular flexibility index (Phi) is 5.50. The van der Waals surface area contributed by atoms with Crippen molar-refractivity contribution in [1.29, 1.82) is 0 Å². The molecule has 0 bridgehead atoms. The summed E-state index contributed by atoms with van der Waals surface area (Å²) in [6, 6.07) is 7.60. The molecule has 0 aliphatic rings. The first-order valence-electron chi connectivity index (χ1n) is 7.15. The molecule has 27 heavy (non-hydrogen) atoms. The van der Waals surface area contributed by atoms with Gasteiger partial charge in [0, 0.05) is 6.07 Å². The molecule has 0 amide bonds. The van der Waals surface area contributed by atoms with Gasteiger partial charge in [-0.3, -0.25) is 10.1 Å². The van der Waals surface area contributed by atoms with Gasteiger partial charge in [0.2, 0.25) is 0 Å². The number of hydrogen-bond donors (Lipinski definition) is 1. The summed E-state index contributed by atoms with van der Waals surface area (Å²) in [5.74, 6) is -2.09. The molecule has 2 aromatic rings. The third-order valence-corrected chi connectivity index (χ3v) is 3.65. The molecule has 0 aromatic heterocycles. The number of carboxylic acid groups (broad SMARTS) is 1. The average Bonchev–Trinajstić information content (AvgIpc) is 2.55. The Morgan fingerprint density at radius 1 is 1.19 bits per heavy atom. The first-order valence-corrected chi connectivity index (χ1v) is 7.53. The van der Waals surface area contributed by atoms with Gasteiger partial charge in [-0.25, -0.2) is 4.79 Å². The number of rotatable bonds is 6. The lowest BCUT2D eigenvalue weighted by atomic mass is 10.2. The number of carboxylic acids is 1. The molecule has 0 aliphatic heterocycles. The van der Waals surface area contributed by atoms with Crippen LogP contribution in [0.4, 0.5) is 13.2 Å². The van der Waals surface area contributed by atoms with E-state index in [2.05, 4.69) is 0 Å². The second-order valence-corrected chi connectivity index (χ2v) is 5.77. The monoisotopic (exact) mass is 405 g/mol. The molecule has 0 heterocycles. The lowest BCUT2D eigenvalue weighted by Gasteiger charge is -2.18. The fourth-order valence-corrected chi connectivity index (χ4v) is 2.10. The standard InChI is InChI=1S/C16H11ClF3NO6/c1-15(14(22)23,21(24)25)27-11-4-2-3-10(8-11)26-13-6-5-9(7-12(13)17)16(18,19)20/h2-8H,1H3,(H,22,23). The van der Waals surface area contributed by atoms with Gasteiger partial charge in [0.15, 0.2) is 0 Å². The topological polar surface area (TPSA) is 98.9 Å². The van der Waals surface area contributed by atoms with Crippen molar-refractivity contribution in [3.8, 4) is 17.2 Å². The molecule has 0 aliphatic carbocycles. The minimum atomic E-state index is -4.57. The molecule has 7 nitrogen and oxygen atoms in total. The van der Waals surface area contributed by atoms with Crippen molar-refractivity contribution in [2.24, 2.45) is 0 Å². The van der Waals surface area contributed by atoms with E-state index < -0.39 is 28.4 Å². The van der Waals surface area contributed by atoms with Gasteiger partial charge in [-0.2, -0.15) is 13.2 Å². The highest BCUT2D eigenvalue weighted by Gasteiger charge is 2.49. The van der Waals surface area contributed by atoms with Crippen molar-refractivity contribution in [3.05, 3.63) is 63.2 Å². The van der Waals surface area contributed by atoms with Crippen molar-refractivity contribution in [1.82, 2.24) is 0 Å². The van der Waals surface area contributed by atoms with E-state index in [-0.39, 0.29) is 22.3 Å². The highest BCUT2D eigenvalue weighted by Crippen LogP contribution is 2.37. The van der Waals surface area contributed by atoms with Crippen LogP contribution in [0.1, 0.15) is 12.5 Å². The minimum absolute atomic E-state index is 0.0187. The average molecular weight is 406 g/mol. The van der Waals surface area contributed by atoms with Gasteiger partial charge in [-0.05, 0) is 30.3 Å². The van der Waals surface area contributed by atoms with E-state index in [0.717, 1.165) is 25.1 Å². The fourth-order valence-electron chi connectivity index (χ4n) is 1.88. The van der Waals surface area contributed by atoms with Crippen LogP contribution in [-0.4, -0.2) is 21.7 Å². The number of benzene rings is 2. The number of halogens is 4. The van der Waals surface area contributed by atoms with E-state index >= 15 is 0 Å². The summed E-state index contributed by atoms with van der Waals surface area (Å²) >= 11 is 5.79. The zero-order chi connectivity index (χ0) is 20.4. The zero-order valence-corrected chi connectivity index (χ0v) is 14.2. The second kappa shape index (κ2) is 7.31. The largest absolute Gasteiger partial charge is 0.473 e. The van der Waals surface area contributed by atoms with Crippen molar-refractivity contribution in [2.75, 3.05) is 0 Å². The molecular weight excluding hydrogens is 395 g/mol. The minimum Gasteiger partial charge on any atom is -0.473 e. The Bertz CT molecular complexity index is 873. The number of nitro groups is 1. The molecule has 2 rings (SSSR count). The number of nitrogens with zero attached hydrogens (tertiary/aromatic N) is 1. The number of carbonyl (C=O) groups is 1. The third kappa shape index (κ3) is 4.59. The van der Waals surface area contributed by atoms with Gasteiger partial charge in [0.1, 0.15) is 17.2 Å². The Hall–Kier alpha value is -3.01. The first kappa shape index (κ1) is 20.3. The lowest BCUT2D eigenvalue weighted by Crippen LogP contribution is -2.48. The van der Waals surface area contributed by atoms with Crippen LogP contribution >= 0.6 is 11.6 Å². The van der Waals surface area contributed by atoms with E-state index in [9.17, 15) is 28.1 Å². The van der Waals surface area contributed by atoms with Crippen LogP contribution in [0.5, 0.6) is 17.2 Å². The van der Waals surface area contributed by atoms with Gasteiger partial charge in [-0.15, -0.1) is 0 Å². The molecule has 1 N–H and O–H groups in total. The van der Waals surface area contributed by atoms with Crippen LogP contribution in [0.3, 0.4) is 0 Å². The van der Waals surface area contributed by atoms with Crippen LogP contribution < -0.4 is 9.47 Å². The SMILES string of the molecule is CC(Oc1cccc(Oc2ccc(C(F)(F)F)cc2Cl)c1)(C(=O)O)[N+](=O)[O-]. The zero-order valence-electron chi connectivity index (χ0n) is 13.5. The van der Waals surface area contributed by atoms with Crippen LogP contribution in [0.25, 0.3) is 0 Å². The Morgan fingerprint density at radius 3 is 2.33 bits per heavy atom. The molecule has 11 heteroatoms. The van der Waals surface area contributed by atoms with Crippen LogP contribution in [-0.2, 0) is 11.0 Å². The first-order chi connectivity index (χ1) is 12.4. The van der Waals surface area contributed by atoms with E-state index in [4.69, 9.17) is 26.2 Å². The maximum absolute atomic E-state index is 12.6. The highest BCUT2D eigenvalue weighted by atomic mass is 35.5. The van der Waals surface area contributed by atoms with Crippen LogP contribution in [0, 0.1) is 10.1 Å². The predicted octanol–water partition coefficient (Wildman–Crippen LogP) is 4.61. The van der Waals surface area contributed by atoms with Crippen molar-refractivity contribution >= 4 is 17.6 Å². The van der Waals surface area contributed by atoms with Gasteiger partial charge >= 0.3 is 17.9 Å². The number of ether oxygens (including phenoxy) is 2. The molecule has 0 radical (unpaired) electrons. The maximum Gasteiger partial charge on any atom is 0.457 e. The summed E-state index contributed by atoms with van der Waals surface area (Å²) in [5.41, 5.74) is -3.69. The Labute approximate surface area is 155 Å². The molecule has 2 aromatic carbocycles. The van der Waals surface area contributed by atoms with Crippen molar-refractivity contribution in [3.63, 3.8) is 0 Å². The molecule has 0 saturated heterocycles. The molecule has 1 atom stereocenters. The Balaban J connectivity index is 2.26. The maximum atomic E-state index is 12.6. The number of aliphatic carboxylic acids is 1. The molecule has 0 spiro atoms. The highest BCUT2D eigenvalue weighted by molar-refractivity contribution is 6.32. The van der Waals surface area contributed by atoms with Gasteiger partial charge < -0.3 is 14.6 Å². The van der Waals surface area contributed by atoms with E-state index in [1.54, 1.807) is 0 Å². The normalized spacial score (nSPS) is 13.5. The summed E-state index contributed by atoms with van der Waals surface area (Å²) < 4.78 is 48.2. The smallest absolute Gasteiger partial charge is 0.457 e. The quantitative estimate of drug-likeness (QED) is 0.428. The van der Waals surface area contributed by atoms with Crippen LogP contribution in [0.15, 0.2) is 42.5 Å². The molecular formula is C16H11ClF3NO6. The van der Waals surface area contributed by atoms with Crippen molar-refractivity contribution in [2.45, 2.75) is 18.8 Å². The molecule has 0 fully saturated rings. The summed E-state index contributed by atoms with van der Waals surface area (Å²) in [5, 5.41) is 19.6. The number of alkyl halides is 3. The van der Waals surface area contributed by atoms with Crippen molar-refractivity contribution < 1.29 is 37.5 Å².